The van der Waals surface area contributed by atoms with Crippen LogP contribution in [0.2, 0.25) is 0 Å². The van der Waals surface area contributed by atoms with Crippen molar-refractivity contribution in [2.24, 2.45) is 0 Å². The Labute approximate surface area is 227 Å². The molecule has 0 aliphatic heterocycles. The van der Waals surface area contributed by atoms with Crippen LogP contribution in [0.5, 0.6) is 0 Å². The van der Waals surface area contributed by atoms with Crippen LogP contribution < -0.4 is 28.5 Å². The van der Waals surface area contributed by atoms with Crippen molar-refractivity contribution in [3.8, 4) is 28.1 Å². The molecule has 5 rings (SSSR count). The van der Waals surface area contributed by atoms with E-state index in [2.05, 4.69) is 53.1 Å². The molecule has 4 aromatic carbocycles. The molecule has 0 amide bonds. The Bertz CT molecular complexity index is 1500. The van der Waals surface area contributed by atoms with E-state index in [4.69, 9.17) is 0 Å². The molecule has 1 heterocycles. The van der Waals surface area contributed by atoms with Gasteiger partial charge >= 0.3 is 0 Å². The first-order valence-corrected chi connectivity index (χ1v) is 11.4. The predicted octanol–water partition coefficient (Wildman–Crippen LogP) is 4.38. The number of nitrogens with zero attached hydrogens (tertiary/aromatic N) is 2. The molecule has 0 spiro atoms. The van der Waals surface area contributed by atoms with Gasteiger partial charge in [0.25, 0.3) is 5.69 Å². The van der Waals surface area contributed by atoms with Gasteiger partial charge in [0.2, 0.25) is 17.1 Å². The van der Waals surface area contributed by atoms with E-state index in [1.807, 2.05) is 72.8 Å². The monoisotopic (exact) mass is 582 g/mol. The van der Waals surface area contributed by atoms with Crippen molar-refractivity contribution in [3.05, 3.63) is 149 Å². The number of pyridine rings is 1. The van der Waals surface area contributed by atoms with Crippen molar-refractivity contribution in [2.75, 3.05) is 0 Å². The summed E-state index contributed by atoms with van der Waals surface area (Å²) in [6.45, 7) is 0. The number of hydrogen-bond acceptors (Lipinski definition) is 2. The molecule has 1 aromatic heterocycles. The smallest absolute Gasteiger partial charge is 0.270 e. The molecule has 0 radical (unpaired) electrons. The quantitative estimate of drug-likeness (QED) is 0.129. The summed E-state index contributed by atoms with van der Waals surface area (Å²) >= 11 is 0. The topological polar surface area (TPSA) is 47.0 Å². The molecule has 0 atom stereocenters. The van der Waals surface area contributed by atoms with Crippen LogP contribution in [0.1, 0.15) is 11.3 Å². The van der Waals surface area contributed by atoms with Gasteiger partial charge in [-0.25, -0.2) is 0 Å². The van der Waals surface area contributed by atoms with Gasteiger partial charge in [0.05, 0.1) is 4.92 Å². The third-order valence-corrected chi connectivity index (χ3v) is 5.81. The van der Waals surface area contributed by atoms with Crippen LogP contribution in [0.3, 0.4) is 0 Å². The van der Waals surface area contributed by atoms with Gasteiger partial charge in [-0.1, -0.05) is 78.9 Å². The van der Waals surface area contributed by atoms with Crippen LogP contribution in [0.4, 0.5) is 5.69 Å². The highest BCUT2D eigenvalue weighted by atomic mass is 127. The molecule has 4 nitrogen and oxygen atoms in total. The fourth-order valence-electron chi connectivity index (χ4n) is 4.15. The molecule has 0 fully saturated rings. The molecular formula is C31H23IN2O2. The van der Waals surface area contributed by atoms with Gasteiger partial charge in [-0.2, -0.15) is 4.57 Å². The second-order valence-corrected chi connectivity index (χ2v) is 8.14. The summed E-state index contributed by atoms with van der Waals surface area (Å²) in [6.07, 6.45) is 3.94. The molecule has 0 unspecified atom stereocenters. The standard InChI is InChI=1S/C31H23N2O2.HI/c34-33(35)30-18-10-11-24(21-30)19-20-29-22-27(25-12-4-1-5-13-25)23-31(26-14-6-2-7-15-26)32(29)28-16-8-3-9-17-28;/h1-23H;1H/q+1;/p-1. The molecule has 0 aliphatic carbocycles. The first-order chi connectivity index (χ1) is 17.2. The van der Waals surface area contributed by atoms with Crippen molar-refractivity contribution in [1.82, 2.24) is 0 Å². The average molecular weight is 582 g/mol. The van der Waals surface area contributed by atoms with Crippen molar-refractivity contribution in [1.29, 1.82) is 0 Å². The number of nitro benzene ring substituents is 1. The molecule has 0 aliphatic rings. The lowest BCUT2D eigenvalue weighted by atomic mass is 10.0. The fourth-order valence-corrected chi connectivity index (χ4v) is 4.15. The summed E-state index contributed by atoms with van der Waals surface area (Å²) in [6, 6.07) is 41.9. The minimum Gasteiger partial charge on any atom is -1.00 e. The van der Waals surface area contributed by atoms with Crippen LogP contribution in [0.15, 0.2) is 127 Å². The second-order valence-electron chi connectivity index (χ2n) is 8.14. The number of benzene rings is 4. The largest absolute Gasteiger partial charge is 1.00 e. The van der Waals surface area contributed by atoms with Gasteiger partial charge in [-0.05, 0) is 34.9 Å². The fraction of sp³-hybridized carbons (Fsp3) is 0. The van der Waals surface area contributed by atoms with Gasteiger partial charge in [0, 0.05) is 48.0 Å². The van der Waals surface area contributed by atoms with Gasteiger partial charge in [-0.3, -0.25) is 10.1 Å². The average Bonchev–Trinajstić information content (AvgIpc) is 2.93. The van der Waals surface area contributed by atoms with E-state index in [1.54, 1.807) is 12.1 Å². The third kappa shape index (κ3) is 5.58. The maximum Gasteiger partial charge on any atom is 0.270 e. The molecule has 176 valence electrons. The molecule has 0 saturated carbocycles. The highest BCUT2D eigenvalue weighted by molar-refractivity contribution is 5.75. The van der Waals surface area contributed by atoms with E-state index in [0.717, 1.165) is 39.3 Å². The summed E-state index contributed by atoms with van der Waals surface area (Å²) in [4.78, 5) is 10.9. The Morgan fingerprint density at radius 3 is 1.86 bits per heavy atom. The van der Waals surface area contributed by atoms with Crippen molar-refractivity contribution in [3.63, 3.8) is 0 Å². The zero-order chi connectivity index (χ0) is 24.0. The Kier molecular flexibility index (Phi) is 8.02. The number of nitro groups is 1. The Balaban J connectivity index is 0.00000304. The Morgan fingerprint density at radius 2 is 1.22 bits per heavy atom. The van der Waals surface area contributed by atoms with Gasteiger partial charge in [0.1, 0.15) is 0 Å². The van der Waals surface area contributed by atoms with Crippen LogP contribution >= 0.6 is 0 Å². The molecule has 5 aromatic rings. The van der Waals surface area contributed by atoms with Crippen molar-refractivity contribution >= 4 is 17.8 Å². The van der Waals surface area contributed by atoms with Crippen molar-refractivity contribution < 1.29 is 33.5 Å². The second kappa shape index (κ2) is 11.6. The zero-order valence-corrected chi connectivity index (χ0v) is 21.5. The van der Waals surface area contributed by atoms with Crippen LogP contribution in [-0.2, 0) is 0 Å². The molecule has 0 saturated heterocycles. The molecule has 0 N–H and O–H groups in total. The maximum atomic E-state index is 11.2. The first kappa shape index (κ1) is 25.0. The van der Waals surface area contributed by atoms with Crippen molar-refractivity contribution in [2.45, 2.75) is 0 Å². The van der Waals surface area contributed by atoms with Gasteiger partial charge in [0.15, 0.2) is 0 Å². The SMILES string of the molecule is O=[N+]([O-])c1cccc(C=Cc2cc(-c3ccccc3)cc(-c3ccccc3)[n+]2-c2ccccc2)c1.[I-]. The molecule has 5 heteroatoms. The lowest BCUT2D eigenvalue weighted by molar-refractivity contribution is -0.585. The number of halogens is 1. The van der Waals surface area contributed by atoms with E-state index in [9.17, 15) is 10.1 Å². The summed E-state index contributed by atoms with van der Waals surface area (Å²) in [5.41, 5.74) is 7.20. The van der Waals surface area contributed by atoms with Crippen LogP contribution in [0.25, 0.3) is 40.2 Å². The lowest BCUT2D eigenvalue weighted by Gasteiger charge is -2.11. The Morgan fingerprint density at radius 1 is 0.611 bits per heavy atom. The first-order valence-electron chi connectivity index (χ1n) is 11.4. The van der Waals surface area contributed by atoms with E-state index in [0.29, 0.717) is 0 Å². The minimum absolute atomic E-state index is 0. The van der Waals surface area contributed by atoms with E-state index in [-0.39, 0.29) is 34.6 Å². The van der Waals surface area contributed by atoms with Crippen LogP contribution in [-0.4, -0.2) is 4.92 Å². The Hall–Kier alpha value is -4.10. The predicted molar refractivity (Wildman–Crippen MR) is 141 cm³/mol. The van der Waals surface area contributed by atoms with Gasteiger partial charge in [-0.15, -0.1) is 0 Å². The maximum absolute atomic E-state index is 11.2. The highest BCUT2D eigenvalue weighted by Gasteiger charge is 2.22. The summed E-state index contributed by atoms with van der Waals surface area (Å²) < 4.78 is 2.22. The highest BCUT2D eigenvalue weighted by Crippen LogP contribution is 2.27. The van der Waals surface area contributed by atoms with Gasteiger partial charge < -0.3 is 24.0 Å². The summed E-state index contributed by atoms with van der Waals surface area (Å²) in [5.74, 6) is 0. The van der Waals surface area contributed by atoms with E-state index >= 15 is 0 Å². The molecular weight excluding hydrogens is 559 g/mol. The summed E-state index contributed by atoms with van der Waals surface area (Å²) in [7, 11) is 0. The zero-order valence-electron chi connectivity index (χ0n) is 19.4. The molecule has 0 bridgehead atoms. The number of non-ortho nitro benzene ring substituents is 1. The number of aromatic nitrogens is 1. The number of hydrogen-bond donors (Lipinski definition) is 0. The van der Waals surface area contributed by atoms with Crippen LogP contribution in [0, 0.1) is 10.1 Å². The lowest BCUT2D eigenvalue weighted by Crippen LogP contribution is -3.00. The van der Waals surface area contributed by atoms with E-state index < -0.39 is 0 Å². The number of para-hydroxylation sites is 1. The van der Waals surface area contributed by atoms with E-state index in [1.165, 1.54) is 6.07 Å². The minimum atomic E-state index is -0.370. The normalized spacial score (nSPS) is 10.7. The third-order valence-electron chi connectivity index (χ3n) is 5.81. The summed E-state index contributed by atoms with van der Waals surface area (Å²) in [5, 5.41) is 11.2. The number of rotatable bonds is 6. The molecule has 36 heavy (non-hydrogen) atoms.